The third-order valence-electron chi connectivity index (χ3n) is 2.51. The number of halogens is 4. The Hall–Kier alpha value is -1.58. The fraction of sp³-hybridized carbons (Fsp3) is 0.0667. The highest BCUT2D eigenvalue weighted by Crippen LogP contribution is 2.35. The van der Waals surface area contributed by atoms with Crippen LogP contribution in [0.15, 0.2) is 36.9 Å². The molecule has 0 saturated heterocycles. The molecule has 0 atom stereocenters. The first-order valence-electron chi connectivity index (χ1n) is 5.63. The lowest BCUT2D eigenvalue weighted by atomic mass is 10.0. The van der Waals surface area contributed by atoms with E-state index in [2.05, 4.69) is 12.6 Å². The van der Waals surface area contributed by atoms with E-state index in [-0.39, 0.29) is 33.5 Å². The SMILES string of the molecule is C=CCOc1cc(F)c(-c2ccc(Cl)[c]c2Cl)c(F)c1. The van der Waals surface area contributed by atoms with E-state index < -0.39 is 11.6 Å². The van der Waals surface area contributed by atoms with Crippen LogP contribution in [0.3, 0.4) is 0 Å². The molecule has 2 aromatic rings. The molecule has 0 spiro atoms. The van der Waals surface area contributed by atoms with Gasteiger partial charge in [0.15, 0.2) is 0 Å². The van der Waals surface area contributed by atoms with Crippen molar-refractivity contribution in [1.29, 1.82) is 0 Å². The average Bonchev–Trinajstić information content (AvgIpc) is 2.38. The van der Waals surface area contributed by atoms with Gasteiger partial charge >= 0.3 is 0 Å². The van der Waals surface area contributed by atoms with Crippen LogP contribution in [-0.2, 0) is 0 Å². The lowest BCUT2D eigenvalue weighted by Gasteiger charge is -2.10. The standard InChI is InChI=1S/C15H9Cl2F2O/c1-2-5-20-10-7-13(18)15(14(19)8-10)11-4-3-9(16)6-12(11)17/h2-4,7-8H,1,5H2. The van der Waals surface area contributed by atoms with E-state index in [0.29, 0.717) is 0 Å². The van der Waals surface area contributed by atoms with E-state index in [1.54, 1.807) is 0 Å². The van der Waals surface area contributed by atoms with Crippen molar-refractivity contribution in [3.63, 3.8) is 0 Å². The predicted octanol–water partition coefficient (Wildman–Crippen LogP) is 5.30. The van der Waals surface area contributed by atoms with Crippen molar-refractivity contribution < 1.29 is 13.5 Å². The van der Waals surface area contributed by atoms with Gasteiger partial charge in [-0.15, -0.1) is 0 Å². The highest BCUT2D eigenvalue weighted by Gasteiger charge is 2.16. The van der Waals surface area contributed by atoms with E-state index in [1.165, 1.54) is 18.2 Å². The molecule has 0 amide bonds. The zero-order chi connectivity index (χ0) is 14.7. The zero-order valence-electron chi connectivity index (χ0n) is 10.2. The van der Waals surface area contributed by atoms with Crippen LogP contribution in [0.4, 0.5) is 8.78 Å². The van der Waals surface area contributed by atoms with Crippen LogP contribution in [0, 0.1) is 17.7 Å². The summed E-state index contributed by atoms with van der Waals surface area (Å²) >= 11 is 11.6. The summed E-state index contributed by atoms with van der Waals surface area (Å²) in [6.07, 6.45) is 1.48. The topological polar surface area (TPSA) is 9.23 Å². The van der Waals surface area contributed by atoms with Crippen LogP contribution in [-0.4, -0.2) is 6.61 Å². The third kappa shape index (κ3) is 3.11. The monoisotopic (exact) mass is 313 g/mol. The molecule has 2 aromatic carbocycles. The summed E-state index contributed by atoms with van der Waals surface area (Å²) < 4.78 is 33.2. The summed E-state index contributed by atoms with van der Waals surface area (Å²) in [4.78, 5) is 0. The van der Waals surface area contributed by atoms with Crippen LogP contribution in [0.2, 0.25) is 10.0 Å². The maximum Gasteiger partial charge on any atom is 0.137 e. The number of hydrogen-bond acceptors (Lipinski definition) is 1. The van der Waals surface area contributed by atoms with E-state index >= 15 is 0 Å². The molecule has 103 valence electrons. The summed E-state index contributed by atoms with van der Waals surface area (Å²) in [6.45, 7) is 3.62. The molecule has 0 aliphatic heterocycles. The van der Waals surface area contributed by atoms with E-state index in [4.69, 9.17) is 27.9 Å². The molecule has 1 nitrogen and oxygen atoms in total. The van der Waals surface area contributed by atoms with Crippen LogP contribution < -0.4 is 4.74 Å². The van der Waals surface area contributed by atoms with Crippen molar-refractivity contribution in [2.45, 2.75) is 0 Å². The molecule has 0 heterocycles. The number of rotatable bonds is 4. The van der Waals surface area contributed by atoms with Crippen LogP contribution in [0.1, 0.15) is 0 Å². The van der Waals surface area contributed by atoms with Gasteiger partial charge in [0.05, 0.1) is 15.6 Å². The molecule has 2 rings (SSSR count). The van der Waals surface area contributed by atoms with Gasteiger partial charge in [-0.25, -0.2) is 8.78 Å². The maximum absolute atomic E-state index is 14.1. The van der Waals surface area contributed by atoms with Crippen LogP contribution >= 0.6 is 23.2 Å². The molecule has 0 unspecified atom stereocenters. The molecule has 5 heteroatoms. The minimum Gasteiger partial charge on any atom is -0.489 e. The minimum absolute atomic E-state index is 0.0510. The minimum atomic E-state index is -0.776. The fourth-order valence-corrected chi connectivity index (χ4v) is 2.15. The van der Waals surface area contributed by atoms with Gasteiger partial charge in [0.1, 0.15) is 24.0 Å². The van der Waals surface area contributed by atoms with Crippen LogP contribution in [0.25, 0.3) is 11.1 Å². The predicted molar refractivity (Wildman–Crippen MR) is 76.3 cm³/mol. The van der Waals surface area contributed by atoms with Gasteiger partial charge in [0, 0.05) is 23.8 Å². The zero-order valence-corrected chi connectivity index (χ0v) is 11.7. The van der Waals surface area contributed by atoms with Crippen molar-refractivity contribution >= 4 is 23.2 Å². The van der Waals surface area contributed by atoms with Gasteiger partial charge in [0.25, 0.3) is 0 Å². The number of ether oxygens (including phenoxy) is 1. The normalized spacial score (nSPS) is 10.4. The second-order valence-electron chi connectivity index (χ2n) is 3.90. The van der Waals surface area contributed by atoms with Gasteiger partial charge in [-0.05, 0) is 6.07 Å². The average molecular weight is 314 g/mol. The van der Waals surface area contributed by atoms with Gasteiger partial charge in [0.2, 0.25) is 0 Å². The molecule has 0 aromatic heterocycles. The Labute approximate surface area is 125 Å². The largest absolute Gasteiger partial charge is 0.489 e. The molecule has 0 N–H and O–H groups in total. The molecule has 1 radical (unpaired) electrons. The number of hydrogen-bond donors (Lipinski definition) is 0. The van der Waals surface area contributed by atoms with E-state index in [0.717, 1.165) is 12.1 Å². The van der Waals surface area contributed by atoms with Crippen molar-refractivity contribution in [2.75, 3.05) is 6.61 Å². The highest BCUT2D eigenvalue weighted by atomic mass is 35.5. The summed E-state index contributed by atoms with van der Waals surface area (Å²) in [7, 11) is 0. The lowest BCUT2D eigenvalue weighted by molar-refractivity contribution is 0.358. The Kier molecular flexibility index (Phi) is 4.63. The maximum atomic E-state index is 14.1. The van der Waals surface area contributed by atoms with E-state index in [1.807, 2.05) is 0 Å². The molecule has 20 heavy (non-hydrogen) atoms. The lowest BCUT2D eigenvalue weighted by Crippen LogP contribution is -1.97. The molecule has 0 saturated carbocycles. The summed E-state index contributed by atoms with van der Waals surface area (Å²) in [6, 6.07) is 7.67. The first-order chi connectivity index (χ1) is 9.52. The smallest absolute Gasteiger partial charge is 0.137 e. The first-order valence-corrected chi connectivity index (χ1v) is 6.39. The van der Waals surface area contributed by atoms with Crippen molar-refractivity contribution in [2.24, 2.45) is 0 Å². The second kappa shape index (κ2) is 6.25. The molecule has 0 aliphatic rings. The molecular formula is C15H9Cl2F2O. The Bertz CT molecular complexity index is 633. The first kappa shape index (κ1) is 14.8. The Morgan fingerprint density at radius 3 is 2.40 bits per heavy atom. The quantitative estimate of drug-likeness (QED) is 0.696. The van der Waals surface area contributed by atoms with Gasteiger partial charge in [-0.3, -0.25) is 0 Å². The Morgan fingerprint density at radius 1 is 1.20 bits per heavy atom. The summed E-state index contributed by atoms with van der Waals surface area (Å²) in [5.74, 6) is -1.47. The van der Waals surface area contributed by atoms with Gasteiger partial charge < -0.3 is 4.74 Å². The Balaban J connectivity index is 2.49. The number of benzene rings is 2. The van der Waals surface area contributed by atoms with Crippen molar-refractivity contribution in [3.8, 4) is 16.9 Å². The van der Waals surface area contributed by atoms with Crippen LogP contribution in [0.5, 0.6) is 5.75 Å². The second-order valence-corrected chi connectivity index (χ2v) is 4.68. The Morgan fingerprint density at radius 2 is 1.85 bits per heavy atom. The fourth-order valence-electron chi connectivity index (χ4n) is 1.68. The van der Waals surface area contributed by atoms with Crippen molar-refractivity contribution in [3.05, 3.63) is 64.7 Å². The third-order valence-corrected chi connectivity index (χ3v) is 3.03. The van der Waals surface area contributed by atoms with Gasteiger partial charge in [-0.2, -0.15) is 0 Å². The molecular weight excluding hydrogens is 305 g/mol. The summed E-state index contributed by atoms with van der Waals surface area (Å²) in [5, 5.41) is 0.320. The summed E-state index contributed by atoms with van der Waals surface area (Å²) in [5.41, 5.74) is -0.0600. The molecule has 0 aliphatic carbocycles. The van der Waals surface area contributed by atoms with Crippen molar-refractivity contribution in [1.82, 2.24) is 0 Å². The highest BCUT2D eigenvalue weighted by molar-refractivity contribution is 6.36. The molecule has 0 fully saturated rings. The van der Waals surface area contributed by atoms with E-state index in [9.17, 15) is 8.78 Å². The molecule has 0 bridgehead atoms. The van der Waals surface area contributed by atoms with Gasteiger partial charge in [-0.1, -0.05) is 41.9 Å².